The van der Waals surface area contributed by atoms with E-state index in [1.165, 1.54) is 6.92 Å². The maximum atomic E-state index is 12.4. The lowest BCUT2D eigenvalue weighted by atomic mass is 10.3. The fourth-order valence-electron chi connectivity index (χ4n) is 1.79. The standard InChI is InChI=1S/C12H16BrF3N2O/c1-3-5-18-7-9(13)6-10(18)11(19)17(4-2)8-12(14,15)16/h6-7H,3-5,8H2,1-2H3. The molecule has 0 aromatic carbocycles. The van der Waals surface area contributed by atoms with Crippen molar-refractivity contribution in [2.45, 2.75) is 33.0 Å². The van der Waals surface area contributed by atoms with Crippen molar-refractivity contribution in [3.05, 3.63) is 22.4 Å². The number of aryl methyl sites for hydroxylation is 1. The molecule has 19 heavy (non-hydrogen) atoms. The molecule has 0 aliphatic carbocycles. The average molecular weight is 341 g/mol. The predicted octanol–water partition coefficient (Wildman–Crippen LogP) is 3.69. The minimum absolute atomic E-state index is 0.0211. The topological polar surface area (TPSA) is 25.2 Å². The molecular weight excluding hydrogens is 325 g/mol. The van der Waals surface area contributed by atoms with Gasteiger partial charge in [0.2, 0.25) is 0 Å². The summed E-state index contributed by atoms with van der Waals surface area (Å²) >= 11 is 3.24. The van der Waals surface area contributed by atoms with E-state index in [2.05, 4.69) is 15.9 Å². The SMILES string of the molecule is CCCn1cc(Br)cc1C(=O)N(CC)CC(F)(F)F. The third kappa shape index (κ3) is 4.56. The Kier molecular flexibility index (Phi) is 5.46. The van der Waals surface area contributed by atoms with Crippen molar-refractivity contribution in [1.29, 1.82) is 0 Å². The van der Waals surface area contributed by atoms with Crippen LogP contribution >= 0.6 is 15.9 Å². The first-order valence-electron chi connectivity index (χ1n) is 6.00. The summed E-state index contributed by atoms with van der Waals surface area (Å²) in [6.45, 7) is 2.86. The number of nitrogens with zero attached hydrogens (tertiary/aromatic N) is 2. The lowest BCUT2D eigenvalue weighted by Crippen LogP contribution is -2.39. The van der Waals surface area contributed by atoms with Crippen LogP contribution in [0.3, 0.4) is 0 Å². The third-order valence-corrected chi connectivity index (χ3v) is 3.02. The molecule has 1 rings (SSSR count). The van der Waals surface area contributed by atoms with Gasteiger partial charge in [0.1, 0.15) is 12.2 Å². The first-order chi connectivity index (χ1) is 8.78. The zero-order chi connectivity index (χ0) is 14.6. The fraction of sp³-hybridized carbons (Fsp3) is 0.583. The summed E-state index contributed by atoms with van der Waals surface area (Å²) in [5.41, 5.74) is 0.278. The second kappa shape index (κ2) is 6.45. The van der Waals surface area contributed by atoms with Gasteiger partial charge in [0.25, 0.3) is 5.91 Å². The Labute approximate surface area is 118 Å². The number of rotatable bonds is 5. The third-order valence-electron chi connectivity index (χ3n) is 2.59. The number of halogens is 4. The molecule has 0 spiro atoms. The molecule has 0 N–H and O–H groups in total. The van der Waals surface area contributed by atoms with E-state index < -0.39 is 18.6 Å². The van der Waals surface area contributed by atoms with E-state index in [0.29, 0.717) is 11.0 Å². The van der Waals surface area contributed by atoms with Crippen LogP contribution in [0.25, 0.3) is 0 Å². The highest BCUT2D eigenvalue weighted by molar-refractivity contribution is 9.10. The van der Waals surface area contributed by atoms with Crippen molar-refractivity contribution in [1.82, 2.24) is 9.47 Å². The Morgan fingerprint density at radius 3 is 2.53 bits per heavy atom. The van der Waals surface area contributed by atoms with Crippen molar-refractivity contribution < 1.29 is 18.0 Å². The van der Waals surface area contributed by atoms with Crippen molar-refractivity contribution in [2.75, 3.05) is 13.1 Å². The largest absolute Gasteiger partial charge is 0.406 e. The summed E-state index contributed by atoms with van der Waals surface area (Å²) in [5.74, 6) is -0.598. The van der Waals surface area contributed by atoms with Gasteiger partial charge in [0.15, 0.2) is 0 Å². The van der Waals surface area contributed by atoms with E-state index in [-0.39, 0.29) is 12.2 Å². The molecule has 0 radical (unpaired) electrons. The highest BCUT2D eigenvalue weighted by atomic mass is 79.9. The van der Waals surface area contributed by atoms with Gasteiger partial charge in [-0.3, -0.25) is 4.79 Å². The van der Waals surface area contributed by atoms with Crippen LogP contribution in [0, 0.1) is 0 Å². The van der Waals surface area contributed by atoms with Gasteiger partial charge in [-0.1, -0.05) is 6.92 Å². The monoisotopic (exact) mass is 340 g/mol. The van der Waals surface area contributed by atoms with Crippen molar-refractivity contribution >= 4 is 21.8 Å². The Morgan fingerprint density at radius 1 is 1.42 bits per heavy atom. The summed E-state index contributed by atoms with van der Waals surface area (Å²) in [4.78, 5) is 12.9. The molecule has 0 saturated heterocycles. The van der Waals surface area contributed by atoms with Gasteiger partial charge >= 0.3 is 6.18 Å². The van der Waals surface area contributed by atoms with Crippen LogP contribution in [0.1, 0.15) is 30.8 Å². The minimum Gasteiger partial charge on any atom is -0.342 e. The van der Waals surface area contributed by atoms with Gasteiger partial charge in [-0.15, -0.1) is 0 Å². The maximum absolute atomic E-state index is 12.4. The molecule has 108 valence electrons. The van der Waals surface area contributed by atoms with E-state index in [1.54, 1.807) is 16.8 Å². The summed E-state index contributed by atoms with van der Waals surface area (Å²) in [5, 5.41) is 0. The number of amides is 1. The zero-order valence-corrected chi connectivity index (χ0v) is 12.4. The first-order valence-corrected chi connectivity index (χ1v) is 6.79. The molecule has 0 bridgehead atoms. The van der Waals surface area contributed by atoms with E-state index >= 15 is 0 Å². The average Bonchev–Trinajstić information content (AvgIpc) is 2.65. The number of hydrogen-bond donors (Lipinski definition) is 0. The van der Waals surface area contributed by atoms with Gasteiger partial charge in [0.05, 0.1) is 0 Å². The van der Waals surface area contributed by atoms with Crippen LogP contribution in [0.2, 0.25) is 0 Å². The number of carbonyl (C=O) groups excluding carboxylic acids is 1. The van der Waals surface area contributed by atoms with Gasteiger partial charge < -0.3 is 9.47 Å². The lowest BCUT2D eigenvalue weighted by molar-refractivity contribution is -0.140. The minimum atomic E-state index is -4.38. The van der Waals surface area contributed by atoms with Crippen LogP contribution in [0.15, 0.2) is 16.7 Å². The molecule has 0 unspecified atom stereocenters. The number of carbonyl (C=O) groups is 1. The Bertz CT molecular complexity index is 443. The van der Waals surface area contributed by atoms with Crippen LogP contribution in [-0.4, -0.2) is 34.6 Å². The molecule has 0 fully saturated rings. The van der Waals surface area contributed by atoms with E-state index in [4.69, 9.17) is 0 Å². The Morgan fingerprint density at radius 2 is 2.05 bits per heavy atom. The van der Waals surface area contributed by atoms with Gasteiger partial charge in [0, 0.05) is 23.8 Å². The molecule has 1 amide bonds. The van der Waals surface area contributed by atoms with Gasteiger partial charge in [-0.25, -0.2) is 0 Å². The Balaban J connectivity index is 2.97. The van der Waals surface area contributed by atoms with Crippen molar-refractivity contribution in [2.24, 2.45) is 0 Å². The van der Waals surface area contributed by atoms with Gasteiger partial charge in [-0.05, 0) is 35.3 Å². The molecule has 1 aromatic heterocycles. The molecular formula is C12H16BrF3N2O. The Hall–Kier alpha value is -0.980. The number of aromatic nitrogens is 1. The lowest BCUT2D eigenvalue weighted by Gasteiger charge is -2.22. The summed E-state index contributed by atoms with van der Waals surface area (Å²) < 4.78 is 39.6. The van der Waals surface area contributed by atoms with Crippen LogP contribution in [0.5, 0.6) is 0 Å². The molecule has 7 heteroatoms. The van der Waals surface area contributed by atoms with Crippen LogP contribution < -0.4 is 0 Å². The second-order valence-electron chi connectivity index (χ2n) is 4.17. The second-order valence-corrected chi connectivity index (χ2v) is 5.09. The van der Waals surface area contributed by atoms with E-state index in [1.807, 2.05) is 6.92 Å². The fourth-order valence-corrected chi connectivity index (χ4v) is 2.25. The molecule has 0 saturated carbocycles. The highest BCUT2D eigenvalue weighted by Crippen LogP contribution is 2.21. The first kappa shape index (κ1) is 16.1. The maximum Gasteiger partial charge on any atom is 0.406 e. The molecule has 1 aromatic rings. The number of hydrogen-bond acceptors (Lipinski definition) is 1. The summed E-state index contributed by atoms with van der Waals surface area (Å²) in [7, 11) is 0. The summed E-state index contributed by atoms with van der Waals surface area (Å²) in [6.07, 6.45) is -1.88. The summed E-state index contributed by atoms with van der Waals surface area (Å²) in [6, 6.07) is 1.55. The zero-order valence-electron chi connectivity index (χ0n) is 10.8. The van der Waals surface area contributed by atoms with Crippen molar-refractivity contribution in [3.8, 4) is 0 Å². The molecule has 0 aliphatic heterocycles. The normalized spacial score (nSPS) is 11.7. The number of alkyl halides is 3. The van der Waals surface area contributed by atoms with Gasteiger partial charge in [-0.2, -0.15) is 13.2 Å². The molecule has 0 aliphatic rings. The van der Waals surface area contributed by atoms with E-state index in [0.717, 1.165) is 11.3 Å². The van der Waals surface area contributed by atoms with E-state index in [9.17, 15) is 18.0 Å². The molecule has 3 nitrogen and oxygen atoms in total. The molecule has 0 atom stereocenters. The van der Waals surface area contributed by atoms with Crippen LogP contribution in [0.4, 0.5) is 13.2 Å². The smallest absolute Gasteiger partial charge is 0.342 e. The quantitative estimate of drug-likeness (QED) is 0.802. The molecule has 1 heterocycles. The predicted molar refractivity (Wildman–Crippen MR) is 70.1 cm³/mol. The van der Waals surface area contributed by atoms with Crippen molar-refractivity contribution in [3.63, 3.8) is 0 Å². The highest BCUT2D eigenvalue weighted by Gasteiger charge is 2.33. The van der Waals surface area contributed by atoms with Crippen LogP contribution in [-0.2, 0) is 6.54 Å².